The third-order valence-electron chi connectivity index (χ3n) is 4.90. The number of rotatable bonds is 7. The highest BCUT2D eigenvalue weighted by Gasteiger charge is 2.46. The van der Waals surface area contributed by atoms with Gasteiger partial charge in [0.2, 0.25) is 0 Å². The van der Waals surface area contributed by atoms with E-state index in [2.05, 4.69) is 0 Å². The number of ether oxygens (including phenoxy) is 1. The highest BCUT2D eigenvalue weighted by atomic mass is 32.1. The zero-order valence-electron chi connectivity index (χ0n) is 17.1. The van der Waals surface area contributed by atoms with Crippen molar-refractivity contribution in [1.82, 2.24) is 9.80 Å². The van der Waals surface area contributed by atoms with Crippen LogP contribution in [0.2, 0.25) is 0 Å². The van der Waals surface area contributed by atoms with E-state index in [0.717, 1.165) is 10.4 Å². The number of carbonyl (C=O) groups is 2. The van der Waals surface area contributed by atoms with Crippen molar-refractivity contribution in [3.8, 4) is 5.75 Å². The van der Waals surface area contributed by atoms with Crippen LogP contribution in [0, 0.1) is 6.92 Å². The predicted molar refractivity (Wildman–Crippen MR) is 114 cm³/mol. The van der Waals surface area contributed by atoms with E-state index >= 15 is 0 Å². The molecular weight excluding hydrogens is 388 g/mol. The molecule has 7 heteroatoms. The highest BCUT2D eigenvalue weighted by Crippen LogP contribution is 2.42. The van der Waals surface area contributed by atoms with Crippen molar-refractivity contribution >= 4 is 28.8 Å². The molecule has 1 atom stereocenters. The summed E-state index contributed by atoms with van der Waals surface area (Å²) in [6.07, 6.45) is 0. The van der Waals surface area contributed by atoms with E-state index in [9.17, 15) is 14.7 Å². The Balaban J connectivity index is 2.12. The molecule has 1 aromatic carbocycles. The van der Waals surface area contributed by atoms with Gasteiger partial charge in [-0.15, -0.1) is 11.3 Å². The maximum absolute atomic E-state index is 13.0. The third kappa shape index (κ3) is 4.21. The molecule has 0 aliphatic carbocycles. The van der Waals surface area contributed by atoms with Crippen molar-refractivity contribution in [2.75, 3.05) is 33.8 Å². The fourth-order valence-electron chi connectivity index (χ4n) is 3.41. The normalized spacial score (nSPS) is 18.7. The van der Waals surface area contributed by atoms with Crippen LogP contribution in [0.4, 0.5) is 0 Å². The summed E-state index contributed by atoms with van der Waals surface area (Å²) in [5, 5.41) is 13.0. The number of carbonyl (C=O) groups excluding carboxylic acids is 2. The van der Waals surface area contributed by atoms with Crippen LogP contribution >= 0.6 is 11.3 Å². The number of hydrogen-bond donors (Lipinski definition) is 1. The maximum atomic E-state index is 13.0. The van der Waals surface area contributed by atoms with Crippen LogP contribution in [0.5, 0.6) is 5.75 Å². The van der Waals surface area contributed by atoms with Crippen molar-refractivity contribution in [2.24, 2.45) is 0 Å². The molecule has 1 amide bonds. The van der Waals surface area contributed by atoms with Crippen LogP contribution in [0.25, 0.3) is 5.76 Å². The minimum atomic E-state index is -0.652. The van der Waals surface area contributed by atoms with Crippen LogP contribution in [0.3, 0.4) is 0 Å². The summed E-state index contributed by atoms with van der Waals surface area (Å²) in [5.74, 6) is -0.801. The first-order valence-corrected chi connectivity index (χ1v) is 10.4. The number of likely N-dealkylation sites (N-methyl/N-ethyl adjacent to an activating group) is 1. The van der Waals surface area contributed by atoms with Gasteiger partial charge in [-0.3, -0.25) is 9.59 Å². The Morgan fingerprint density at radius 3 is 2.66 bits per heavy atom. The van der Waals surface area contributed by atoms with E-state index in [0.29, 0.717) is 31.0 Å². The number of hydrogen-bond acceptors (Lipinski definition) is 6. The molecule has 1 N–H and O–H groups in total. The van der Waals surface area contributed by atoms with Gasteiger partial charge in [0.1, 0.15) is 11.5 Å². The van der Waals surface area contributed by atoms with Crippen molar-refractivity contribution < 1.29 is 19.4 Å². The predicted octanol–water partition coefficient (Wildman–Crippen LogP) is 3.44. The molecule has 29 heavy (non-hydrogen) atoms. The monoisotopic (exact) mass is 414 g/mol. The van der Waals surface area contributed by atoms with Crippen LogP contribution in [0.15, 0.2) is 41.3 Å². The van der Waals surface area contributed by atoms with Gasteiger partial charge in [0.15, 0.2) is 0 Å². The quantitative estimate of drug-likeness (QED) is 0.427. The van der Waals surface area contributed by atoms with Crippen LogP contribution < -0.4 is 4.74 Å². The van der Waals surface area contributed by atoms with Crippen LogP contribution in [-0.4, -0.2) is 60.4 Å². The lowest BCUT2D eigenvalue weighted by Gasteiger charge is -2.26. The van der Waals surface area contributed by atoms with E-state index in [1.165, 1.54) is 11.3 Å². The van der Waals surface area contributed by atoms with E-state index in [-0.39, 0.29) is 11.3 Å². The largest absolute Gasteiger partial charge is 0.507 e. The van der Waals surface area contributed by atoms with E-state index in [1.54, 1.807) is 29.2 Å². The SMILES string of the molecule is CCOc1cccc(/C(O)=C2/C(=O)C(=O)N(CCN(C)C)C2c2sccc2C)c1. The number of nitrogens with zero attached hydrogens (tertiary/aromatic N) is 2. The summed E-state index contributed by atoms with van der Waals surface area (Å²) in [6.45, 7) is 5.34. The van der Waals surface area contributed by atoms with E-state index in [4.69, 9.17) is 4.74 Å². The van der Waals surface area contributed by atoms with E-state index < -0.39 is 17.7 Å². The fourth-order valence-corrected chi connectivity index (χ4v) is 4.46. The lowest BCUT2D eigenvalue weighted by Crippen LogP contribution is -2.35. The Kier molecular flexibility index (Phi) is 6.39. The fraction of sp³-hybridized carbons (Fsp3) is 0.364. The second kappa shape index (κ2) is 8.80. The molecule has 1 fully saturated rings. The second-order valence-corrected chi connectivity index (χ2v) is 8.17. The molecule has 1 unspecified atom stereocenters. The number of aliphatic hydroxyl groups is 1. The molecule has 2 heterocycles. The summed E-state index contributed by atoms with van der Waals surface area (Å²) < 4.78 is 5.51. The molecule has 154 valence electrons. The topological polar surface area (TPSA) is 70.1 Å². The van der Waals surface area contributed by atoms with E-state index in [1.807, 2.05) is 44.3 Å². The first-order chi connectivity index (χ1) is 13.8. The zero-order valence-corrected chi connectivity index (χ0v) is 18.0. The lowest BCUT2D eigenvalue weighted by molar-refractivity contribution is -0.140. The second-order valence-electron chi connectivity index (χ2n) is 7.22. The summed E-state index contributed by atoms with van der Waals surface area (Å²) >= 11 is 1.49. The molecule has 0 bridgehead atoms. The lowest BCUT2D eigenvalue weighted by atomic mass is 9.98. The summed E-state index contributed by atoms with van der Waals surface area (Å²) in [4.78, 5) is 30.2. The Morgan fingerprint density at radius 1 is 1.28 bits per heavy atom. The summed E-state index contributed by atoms with van der Waals surface area (Å²) in [6, 6.07) is 8.31. The highest BCUT2D eigenvalue weighted by molar-refractivity contribution is 7.10. The first kappa shape index (κ1) is 21.1. The molecular formula is C22H26N2O4S. The molecule has 1 aliphatic rings. The van der Waals surface area contributed by atoms with Gasteiger partial charge in [-0.2, -0.15) is 0 Å². The molecule has 6 nitrogen and oxygen atoms in total. The Hall–Kier alpha value is -2.64. The van der Waals surface area contributed by atoms with Gasteiger partial charge in [-0.05, 0) is 57.1 Å². The van der Waals surface area contributed by atoms with Gasteiger partial charge in [-0.25, -0.2) is 0 Å². The van der Waals surface area contributed by atoms with Crippen LogP contribution in [0.1, 0.15) is 29.0 Å². The number of Topliss-reactive ketones (excluding diaryl/α,β-unsaturated/α-hetero) is 1. The van der Waals surface area contributed by atoms with Gasteiger partial charge in [0, 0.05) is 23.5 Å². The number of thiophene rings is 1. The molecule has 1 aliphatic heterocycles. The summed E-state index contributed by atoms with van der Waals surface area (Å²) in [7, 11) is 3.84. The molecule has 2 aromatic rings. The standard InChI is InChI=1S/C22H26N2O4S/c1-5-28-16-8-6-7-15(13-16)19(25)17-18(21-14(2)9-12-29-21)24(11-10-23(3)4)22(27)20(17)26/h6-9,12-13,18,25H,5,10-11H2,1-4H3/b19-17-. The molecule has 0 saturated carbocycles. The number of likely N-dealkylation sites (tertiary alicyclic amines) is 1. The van der Waals surface area contributed by atoms with Gasteiger partial charge in [0.25, 0.3) is 11.7 Å². The van der Waals surface area contributed by atoms with Crippen molar-refractivity contribution in [3.63, 3.8) is 0 Å². The Morgan fingerprint density at radius 2 is 2.03 bits per heavy atom. The zero-order chi connectivity index (χ0) is 21.1. The average molecular weight is 415 g/mol. The number of amides is 1. The molecule has 1 saturated heterocycles. The van der Waals surface area contributed by atoms with Gasteiger partial charge < -0.3 is 19.6 Å². The molecule has 0 spiro atoms. The van der Waals surface area contributed by atoms with Crippen molar-refractivity contribution in [3.05, 3.63) is 57.3 Å². The molecule has 0 radical (unpaired) electrons. The Bertz CT molecular complexity index is 948. The summed E-state index contributed by atoms with van der Waals surface area (Å²) in [5.41, 5.74) is 1.58. The minimum absolute atomic E-state index is 0.132. The number of benzene rings is 1. The molecule has 1 aromatic heterocycles. The third-order valence-corrected chi connectivity index (χ3v) is 5.97. The van der Waals surface area contributed by atoms with Crippen molar-refractivity contribution in [1.29, 1.82) is 0 Å². The smallest absolute Gasteiger partial charge is 0.295 e. The van der Waals surface area contributed by atoms with Gasteiger partial charge in [-0.1, -0.05) is 12.1 Å². The van der Waals surface area contributed by atoms with Crippen LogP contribution in [-0.2, 0) is 9.59 Å². The average Bonchev–Trinajstić information content (AvgIpc) is 3.21. The number of ketones is 1. The van der Waals surface area contributed by atoms with Gasteiger partial charge in [0.05, 0.1) is 18.2 Å². The number of aryl methyl sites for hydroxylation is 1. The first-order valence-electron chi connectivity index (χ1n) is 9.55. The minimum Gasteiger partial charge on any atom is -0.507 e. The van der Waals surface area contributed by atoms with Gasteiger partial charge >= 0.3 is 0 Å². The maximum Gasteiger partial charge on any atom is 0.295 e. The Labute approximate surface area is 175 Å². The molecule has 3 rings (SSSR count). The number of aliphatic hydroxyl groups excluding tert-OH is 1. The van der Waals surface area contributed by atoms with Crippen molar-refractivity contribution in [2.45, 2.75) is 19.9 Å².